The zero-order chi connectivity index (χ0) is 16.4. The summed E-state index contributed by atoms with van der Waals surface area (Å²) in [6.45, 7) is 3.67. The van der Waals surface area contributed by atoms with Crippen molar-refractivity contribution in [3.63, 3.8) is 0 Å². The van der Waals surface area contributed by atoms with E-state index in [1.807, 2.05) is 0 Å². The molecule has 0 saturated carbocycles. The number of aliphatic hydroxyl groups is 2. The van der Waals surface area contributed by atoms with Gasteiger partial charge in [-0.25, -0.2) is 0 Å². The molecule has 0 aromatic rings. The van der Waals surface area contributed by atoms with Crippen LogP contribution in [0.4, 0.5) is 26.3 Å². The highest BCUT2D eigenvalue weighted by atomic mass is 19.4. The zero-order valence-corrected chi connectivity index (χ0v) is 11.3. The molecule has 0 aliphatic heterocycles. The molecule has 0 bridgehead atoms. The zero-order valence-electron chi connectivity index (χ0n) is 11.3. The fourth-order valence-electron chi connectivity index (χ4n) is 1.16. The van der Waals surface area contributed by atoms with E-state index in [4.69, 9.17) is 5.11 Å². The maximum atomic E-state index is 12.3. The molecular weight excluding hydrogens is 294 g/mol. The van der Waals surface area contributed by atoms with E-state index < -0.39 is 42.7 Å². The van der Waals surface area contributed by atoms with Crippen LogP contribution in [0.3, 0.4) is 0 Å². The average Bonchev–Trinajstić information content (AvgIpc) is 2.25. The van der Waals surface area contributed by atoms with Crippen molar-refractivity contribution in [1.29, 1.82) is 0 Å². The van der Waals surface area contributed by atoms with E-state index in [0.29, 0.717) is 6.42 Å². The first-order valence-electron chi connectivity index (χ1n) is 5.84. The number of hydrogen-bond acceptors (Lipinski definition) is 3. The van der Waals surface area contributed by atoms with Crippen LogP contribution in [-0.2, 0) is 4.74 Å². The van der Waals surface area contributed by atoms with Gasteiger partial charge in [0.15, 0.2) is 6.29 Å². The minimum Gasteiger partial charge on any atom is -0.374 e. The number of ether oxygens (including phenoxy) is 1. The molecule has 1 unspecified atom stereocenters. The molecule has 0 aromatic heterocycles. The first kappa shape index (κ1) is 19.5. The van der Waals surface area contributed by atoms with Crippen molar-refractivity contribution < 1.29 is 41.3 Å². The SMILES string of the molecule is CCC(C)(C)C(O)OCCC(O)(C(F)(F)F)C(F)(F)F. The molecule has 9 heteroatoms. The molecule has 0 aliphatic rings. The third-order valence-corrected chi connectivity index (χ3v) is 3.26. The molecule has 0 rings (SSSR count). The molecule has 3 nitrogen and oxygen atoms in total. The van der Waals surface area contributed by atoms with Crippen molar-refractivity contribution >= 4 is 0 Å². The van der Waals surface area contributed by atoms with E-state index >= 15 is 0 Å². The van der Waals surface area contributed by atoms with Crippen molar-refractivity contribution in [1.82, 2.24) is 0 Å². The van der Waals surface area contributed by atoms with Crippen molar-refractivity contribution in [2.45, 2.75) is 57.9 Å². The number of rotatable bonds is 6. The molecular formula is C11H18F6O3. The van der Waals surface area contributed by atoms with Gasteiger partial charge in [-0.15, -0.1) is 0 Å². The van der Waals surface area contributed by atoms with Gasteiger partial charge in [-0.3, -0.25) is 0 Å². The van der Waals surface area contributed by atoms with Crippen LogP contribution >= 0.6 is 0 Å². The largest absolute Gasteiger partial charge is 0.426 e. The topological polar surface area (TPSA) is 49.7 Å². The number of halogens is 6. The van der Waals surface area contributed by atoms with E-state index in [1.54, 1.807) is 6.92 Å². The molecule has 0 heterocycles. The first-order valence-corrected chi connectivity index (χ1v) is 5.84. The highest BCUT2D eigenvalue weighted by molar-refractivity contribution is 4.93. The third-order valence-electron chi connectivity index (χ3n) is 3.26. The van der Waals surface area contributed by atoms with E-state index in [2.05, 4.69) is 4.74 Å². The molecule has 20 heavy (non-hydrogen) atoms. The van der Waals surface area contributed by atoms with Gasteiger partial charge < -0.3 is 14.9 Å². The lowest BCUT2D eigenvalue weighted by molar-refractivity contribution is -0.373. The van der Waals surface area contributed by atoms with Gasteiger partial charge in [0.05, 0.1) is 6.61 Å². The quantitative estimate of drug-likeness (QED) is 0.585. The van der Waals surface area contributed by atoms with Gasteiger partial charge in [0.25, 0.3) is 5.60 Å². The normalized spacial score (nSPS) is 16.4. The van der Waals surface area contributed by atoms with Crippen molar-refractivity contribution in [2.24, 2.45) is 5.41 Å². The second-order valence-corrected chi connectivity index (χ2v) is 5.17. The van der Waals surface area contributed by atoms with Crippen LogP contribution in [0.2, 0.25) is 0 Å². The summed E-state index contributed by atoms with van der Waals surface area (Å²) < 4.78 is 78.6. The summed E-state index contributed by atoms with van der Waals surface area (Å²) in [5.41, 5.74) is -5.68. The Morgan fingerprint density at radius 2 is 1.40 bits per heavy atom. The Balaban J connectivity index is 4.77. The molecule has 0 aliphatic carbocycles. The second kappa shape index (κ2) is 6.07. The fourth-order valence-corrected chi connectivity index (χ4v) is 1.16. The predicted octanol–water partition coefficient (Wildman–Crippen LogP) is 3.00. The summed E-state index contributed by atoms with van der Waals surface area (Å²) in [6.07, 6.45) is -14.6. The lowest BCUT2D eigenvalue weighted by Gasteiger charge is -2.34. The van der Waals surface area contributed by atoms with E-state index in [-0.39, 0.29) is 0 Å². The van der Waals surface area contributed by atoms with Crippen LogP contribution in [0.1, 0.15) is 33.6 Å². The molecule has 0 aromatic carbocycles. The smallest absolute Gasteiger partial charge is 0.374 e. The standard InChI is InChI=1S/C11H18F6O3/c1-4-8(2,3)7(18)20-6-5-9(19,10(12,13)14)11(15,16)17/h7,18-19H,4-6H2,1-3H3. The van der Waals surface area contributed by atoms with Crippen molar-refractivity contribution in [3.8, 4) is 0 Å². The Bertz CT molecular complexity index is 296. The van der Waals surface area contributed by atoms with Gasteiger partial charge >= 0.3 is 12.4 Å². The minimum absolute atomic E-state index is 0.400. The van der Waals surface area contributed by atoms with Crippen LogP contribution in [0, 0.1) is 5.41 Å². The number of alkyl halides is 6. The van der Waals surface area contributed by atoms with Gasteiger partial charge in [-0.1, -0.05) is 20.8 Å². The summed E-state index contributed by atoms with van der Waals surface area (Å²) in [5.74, 6) is 0. The van der Waals surface area contributed by atoms with Crippen LogP contribution in [-0.4, -0.2) is 41.1 Å². The minimum atomic E-state index is -5.88. The van der Waals surface area contributed by atoms with E-state index in [9.17, 15) is 31.4 Å². The molecule has 0 spiro atoms. The summed E-state index contributed by atoms with van der Waals surface area (Å²) in [4.78, 5) is 0. The Morgan fingerprint density at radius 1 is 1.00 bits per heavy atom. The van der Waals surface area contributed by atoms with Crippen molar-refractivity contribution in [3.05, 3.63) is 0 Å². The lowest BCUT2D eigenvalue weighted by Crippen LogP contribution is -2.57. The first-order chi connectivity index (χ1) is 8.69. The number of aliphatic hydroxyl groups excluding tert-OH is 1. The molecule has 0 radical (unpaired) electrons. The lowest BCUT2D eigenvalue weighted by atomic mass is 9.89. The number of hydrogen-bond donors (Lipinski definition) is 2. The van der Waals surface area contributed by atoms with E-state index in [0.717, 1.165) is 0 Å². The fraction of sp³-hybridized carbons (Fsp3) is 1.00. The van der Waals surface area contributed by atoms with E-state index in [1.165, 1.54) is 13.8 Å². The van der Waals surface area contributed by atoms with Gasteiger partial charge in [0.2, 0.25) is 0 Å². The third kappa shape index (κ3) is 4.23. The second-order valence-electron chi connectivity index (χ2n) is 5.17. The molecule has 122 valence electrons. The van der Waals surface area contributed by atoms with Crippen LogP contribution in [0.25, 0.3) is 0 Å². The highest BCUT2D eigenvalue weighted by Crippen LogP contribution is 2.45. The summed E-state index contributed by atoms with van der Waals surface area (Å²) in [5, 5.41) is 18.4. The Morgan fingerprint density at radius 3 is 1.70 bits per heavy atom. The van der Waals surface area contributed by atoms with Crippen LogP contribution < -0.4 is 0 Å². The van der Waals surface area contributed by atoms with Gasteiger partial charge in [0.1, 0.15) is 0 Å². The van der Waals surface area contributed by atoms with Crippen LogP contribution in [0.15, 0.2) is 0 Å². The van der Waals surface area contributed by atoms with Gasteiger partial charge in [-0.05, 0) is 6.42 Å². The Labute approximate surface area is 112 Å². The molecule has 0 saturated heterocycles. The molecule has 0 fully saturated rings. The molecule has 1 atom stereocenters. The monoisotopic (exact) mass is 312 g/mol. The van der Waals surface area contributed by atoms with Crippen molar-refractivity contribution in [2.75, 3.05) is 6.61 Å². The van der Waals surface area contributed by atoms with Crippen LogP contribution in [0.5, 0.6) is 0 Å². The van der Waals surface area contributed by atoms with Gasteiger partial charge in [0, 0.05) is 11.8 Å². The highest BCUT2D eigenvalue weighted by Gasteiger charge is 2.69. The average molecular weight is 312 g/mol. The maximum Gasteiger partial charge on any atom is 0.426 e. The summed E-state index contributed by atoms with van der Waals surface area (Å²) in [7, 11) is 0. The van der Waals surface area contributed by atoms with Gasteiger partial charge in [-0.2, -0.15) is 26.3 Å². The Kier molecular flexibility index (Phi) is 5.90. The summed E-state index contributed by atoms with van der Waals surface area (Å²) >= 11 is 0. The maximum absolute atomic E-state index is 12.3. The molecule has 0 amide bonds. The summed E-state index contributed by atoms with van der Waals surface area (Å²) in [6, 6.07) is 0. The Hall–Kier alpha value is -0.540. The molecule has 2 N–H and O–H groups in total. The predicted molar refractivity (Wildman–Crippen MR) is 57.7 cm³/mol.